The molecule has 0 fully saturated rings. The van der Waals surface area contributed by atoms with Crippen LogP contribution in [0.5, 0.6) is 0 Å². The van der Waals surface area contributed by atoms with Crippen LogP contribution in [-0.2, 0) is 20.1 Å². The van der Waals surface area contributed by atoms with E-state index in [2.05, 4.69) is 110 Å². The summed E-state index contributed by atoms with van der Waals surface area (Å²) in [5.41, 5.74) is 12.0. The van der Waals surface area contributed by atoms with E-state index in [-0.39, 0.29) is 20.1 Å². The zero-order valence-electron chi connectivity index (χ0n) is 32.3. The van der Waals surface area contributed by atoms with Crippen molar-refractivity contribution >= 4 is 46.4 Å². The van der Waals surface area contributed by atoms with Gasteiger partial charge in [-0.15, -0.1) is 53.6 Å². The summed E-state index contributed by atoms with van der Waals surface area (Å²) in [4.78, 5) is 14.1. The number of para-hydroxylation sites is 2. The Bertz CT molecular complexity index is 2510. The largest absolute Gasteiger partial charge is 0.486 e. The molecule has 0 bridgehead atoms. The minimum atomic E-state index is -2.08. The molecule has 50 heavy (non-hydrogen) atoms. The number of rotatable bonds is 4. The SMILES string of the molecule is Cc1cc(C)c(-n2c(-c3[c-]ccc4c3oc3nc(C)ccc34)nc3ccccc32)c(C)c1.[2H]C([2H])([2H])c1c[c-]c(-c2ccc([Si](C)(C)C)cn2)cc1.[Ir]. The molecule has 4 aromatic carbocycles. The number of aryl methyl sites for hydroxylation is 5. The molecule has 8 rings (SSSR count). The summed E-state index contributed by atoms with van der Waals surface area (Å²) in [7, 11) is -1.34. The van der Waals surface area contributed by atoms with Crippen LogP contribution in [0.4, 0.5) is 0 Å². The van der Waals surface area contributed by atoms with E-state index >= 15 is 0 Å². The molecule has 0 saturated heterocycles. The van der Waals surface area contributed by atoms with Gasteiger partial charge in [0.15, 0.2) is 0 Å². The number of hydrogen-bond donors (Lipinski definition) is 0. The molecule has 0 atom stereocenters. The first-order valence-electron chi connectivity index (χ1n) is 17.9. The molecule has 0 aliphatic rings. The van der Waals surface area contributed by atoms with Crippen molar-refractivity contribution in [3.05, 3.63) is 137 Å². The average molecular weight is 852 g/mol. The molecule has 4 heterocycles. The Hall–Kier alpha value is -4.68. The predicted molar refractivity (Wildman–Crippen MR) is 206 cm³/mol. The molecular formula is C43H40IrN4OSi-2. The Morgan fingerprint density at radius 2 is 1.58 bits per heavy atom. The summed E-state index contributed by atoms with van der Waals surface area (Å²) < 4.78 is 30.6. The number of aromatic nitrogens is 4. The summed E-state index contributed by atoms with van der Waals surface area (Å²) in [5.74, 6) is 0.822. The Balaban J connectivity index is 0.000000199. The van der Waals surface area contributed by atoms with Crippen LogP contribution in [0, 0.1) is 46.7 Å². The fourth-order valence-electron chi connectivity index (χ4n) is 6.41. The normalized spacial score (nSPS) is 12.6. The van der Waals surface area contributed by atoms with Gasteiger partial charge in [-0.25, -0.2) is 4.98 Å². The van der Waals surface area contributed by atoms with Gasteiger partial charge >= 0.3 is 0 Å². The number of hydrogen-bond acceptors (Lipinski definition) is 4. The zero-order valence-corrected chi connectivity index (χ0v) is 32.7. The number of furan rings is 1. The average Bonchev–Trinajstić information content (AvgIpc) is 3.66. The standard InChI is InChI=1S/C28H22N3O.C15H18NSi.Ir/c1-16-14-17(2)25(18(3)15-16)31-24-11-6-5-10-23(24)30-27(31)22-9-7-8-20-21-13-12-19(4)29-28(21)32-26(20)22;1-12-5-7-13(8-6-12)15-10-9-14(11-16-15)17(2,3)4;/h5-8,10-15H,1-4H3;5-7,9-11H,1-4H3;/q2*-1;/i;1D3;. The smallest absolute Gasteiger partial charge is 0.216 e. The van der Waals surface area contributed by atoms with Gasteiger partial charge in [0.1, 0.15) is 0 Å². The van der Waals surface area contributed by atoms with Crippen LogP contribution in [0.25, 0.3) is 61.4 Å². The van der Waals surface area contributed by atoms with Crippen LogP contribution in [0.15, 0.2) is 102 Å². The molecule has 0 saturated carbocycles. The first-order chi connectivity index (χ1) is 24.7. The van der Waals surface area contributed by atoms with Crippen LogP contribution in [0.2, 0.25) is 19.6 Å². The Kier molecular flexibility index (Phi) is 8.71. The first-order valence-corrected chi connectivity index (χ1v) is 19.9. The molecule has 0 aliphatic carbocycles. The maximum atomic E-state index is 7.35. The van der Waals surface area contributed by atoms with Crippen LogP contribution >= 0.6 is 0 Å². The van der Waals surface area contributed by atoms with E-state index < -0.39 is 14.9 Å². The Morgan fingerprint density at radius 1 is 0.800 bits per heavy atom. The molecule has 0 aliphatic heterocycles. The second-order valence-electron chi connectivity index (χ2n) is 13.7. The van der Waals surface area contributed by atoms with Crippen molar-refractivity contribution in [3.8, 4) is 28.3 Å². The van der Waals surface area contributed by atoms with Gasteiger partial charge in [-0.05, 0) is 74.0 Å². The topological polar surface area (TPSA) is 56.7 Å². The van der Waals surface area contributed by atoms with Gasteiger partial charge in [0.25, 0.3) is 0 Å². The van der Waals surface area contributed by atoms with Crippen LogP contribution in [0.1, 0.15) is 32.1 Å². The van der Waals surface area contributed by atoms with Crippen molar-refractivity contribution in [2.45, 2.75) is 54.2 Å². The van der Waals surface area contributed by atoms with E-state index in [0.717, 1.165) is 61.4 Å². The third-order valence-corrected chi connectivity index (χ3v) is 10.8. The van der Waals surface area contributed by atoms with E-state index in [9.17, 15) is 0 Å². The Labute approximate surface area is 313 Å². The van der Waals surface area contributed by atoms with Gasteiger partial charge in [0, 0.05) is 47.2 Å². The summed E-state index contributed by atoms with van der Waals surface area (Å²) in [6.45, 7) is 13.2. The minimum Gasteiger partial charge on any atom is -0.486 e. The van der Waals surface area contributed by atoms with Crippen molar-refractivity contribution in [3.63, 3.8) is 0 Å². The van der Waals surface area contributed by atoms with Crippen LogP contribution in [-0.4, -0.2) is 27.6 Å². The first kappa shape index (κ1) is 31.3. The second kappa shape index (κ2) is 13.9. The van der Waals surface area contributed by atoms with Gasteiger partial charge in [0.05, 0.1) is 30.5 Å². The second-order valence-corrected chi connectivity index (χ2v) is 18.8. The fraction of sp³-hybridized carbons (Fsp3) is 0.186. The number of imidazole rings is 1. The van der Waals surface area contributed by atoms with Crippen LogP contribution < -0.4 is 5.19 Å². The molecule has 0 N–H and O–H groups in total. The van der Waals surface area contributed by atoms with Crippen molar-refractivity contribution in [1.29, 1.82) is 0 Å². The number of benzene rings is 4. The maximum absolute atomic E-state index is 7.35. The molecule has 5 nitrogen and oxygen atoms in total. The van der Waals surface area contributed by atoms with E-state index in [1.165, 1.54) is 27.9 Å². The van der Waals surface area contributed by atoms with E-state index in [1.54, 1.807) is 12.1 Å². The maximum Gasteiger partial charge on any atom is 0.216 e. The van der Waals surface area contributed by atoms with Gasteiger partial charge in [-0.2, -0.15) is 0 Å². The fourth-order valence-corrected chi connectivity index (χ4v) is 7.44. The van der Waals surface area contributed by atoms with E-state index in [0.29, 0.717) is 11.3 Å². The molecule has 253 valence electrons. The molecule has 4 aromatic heterocycles. The molecule has 8 aromatic rings. The monoisotopic (exact) mass is 852 g/mol. The molecule has 0 spiro atoms. The third-order valence-electron chi connectivity index (χ3n) is 8.80. The minimum absolute atomic E-state index is 0. The molecule has 0 unspecified atom stereocenters. The van der Waals surface area contributed by atoms with Crippen LogP contribution in [0.3, 0.4) is 0 Å². The summed E-state index contributed by atoms with van der Waals surface area (Å²) in [5, 5.41) is 3.34. The van der Waals surface area contributed by atoms with E-state index in [1.807, 2.05) is 43.5 Å². The van der Waals surface area contributed by atoms with Crippen molar-refractivity contribution < 1.29 is 28.6 Å². The summed E-state index contributed by atoms with van der Waals surface area (Å²) in [6.07, 6.45) is 1.92. The van der Waals surface area contributed by atoms with Crippen molar-refractivity contribution in [2.75, 3.05) is 0 Å². The van der Waals surface area contributed by atoms with Gasteiger partial charge in [-0.3, -0.25) is 4.98 Å². The van der Waals surface area contributed by atoms with Gasteiger partial charge < -0.3 is 14.0 Å². The molecule has 7 heteroatoms. The zero-order chi connectivity index (χ0) is 36.9. The Morgan fingerprint density at radius 3 is 2.26 bits per heavy atom. The predicted octanol–water partition coefficient (Wildman–Crippen LogP) is 10.4. The molecule has 1 radical (unpaired) electrons. The molecule has 0 amide bonds. The number of pyridine rings is 2. The van der Waals surface area contributed by atoms with Crippen molar-refractivity contribution in [1.82, 2.24) is 19.5 Å². The third kappa shape index (κ3) is 6.73. The quantitative estimate of drug-likeness (QED) is 0.131. The van der Waals surface area contributed by atoms with E-state index in [4.69, 9.17) is 13.5 Å². The summed E-state index contributed by atoms with van der Waals surface area (Å²) in [6, 6.07) is 36.2. The molecular weight excluding hydrogens is 809 g/mol. The number of fused-ring (bicyclic) bond motifs is 4. The van der Waals surface area contributed by atoms with Crippen molar-refractivity contribution in [2.24, 2.45) is 0 Å². The summed E-state index contributed by atoms with van der Waals surface area (Å²) >= 11 is 0. The van der Waals surface area contributed by atoms with Gasteiger partial charge in [0.2, 0.25) is 5.71 Å². The number of nitrogens with zero attached hydrogens (tertiary/aromatic N) is 4. The van der Waals surface area contributed by atoms with Gasteiger partial charge in [-0.1, -0.05) is 79.4 Å².